The van der Waals surface area contributed by atoms with Crippen LogP contribution in [0.3, 0.4) is 0 Å². The highest BCUT2D eigenvalue weighted by molar-refractivity contribution is 7.17. The summed E-state index contributed by atoms with van der Waals surface area (Å²) in [6.45, 7) is 0.0171. The van der Waals surface area contributed by atoms with Crippen LogP contribution in [0.4, 0.5) is 10.0 Å². The second-order valence-electron chi connectivity index (χ2n) is 14.4. The molecule has 12 heteroatoms. The van der Waals surface area contributed by atoms with E-state index in [1.54, 1.807) is 72.8 Å². The molecule has 60 heavy (non-hydrogen) atoms. The van der Waals surface area contributed by atoms with Crippen LogP contribution in [0.25, 0.3) is 32.7 Å². The van der Waals surface area contributed by atoms with Crippen molar-refractivity contribution in [3.8, 4) is 0 Å². The third-order valence-electron chi connectivity index (χ3n) is 10.8. The fourth-order valence-corrected chi connectivity index (χ4v) is 10.2. The maximum absolute atomic E-state index is 14.1. The van der Waals surface area contributed by atoms with E-state index in [1.807, 2.05) is 60.7 Å². The largest absolute Gasteiger partial charge is 0.457 e. The van der Waals surface area contributed by atoms with Crippen molar-refractivity contribution in [2.24, 2.45) is 9.98 Å². The number of carbonyl (C=O) groups excluding carboxylic acids is 2. The molecule has 0 radical (unpaired) electrons. The topological polar surface area (TPSA) is 146 Å². The number of hydrogen-bond acceptors (Lipinski definition) is 12. The molecule has 0 saturated heterocycles. The number of rotatable bonds is 8. The van der Waals surface area contributed by atoms with Gasteiger partial charge in [0.05, 0.1) is 11.1 Å². The first-order valence-electron chi connectivity index (χ1n) is 18.9. The van der Waals surface area contributed by atoms with E-state index in [-0.39, 0.29) is 56.6 Å². The predicted octanol–water partition coefficient (Wildman–Crippen LogP) is 6.92. The van der Waals surface area contributed by atoms with Crippen LogP contribution in [-0.2, 0) is 32.3 Å². The molecule has 10 nitrogen and oxygen atoms in total. The fraction of sp³-hybridized carbons (Fsp3) is 0.0833. The summed E-state index contributed by atoms with van der Waals surface area (Å²) >= 11 is 2.40. The Morgan fingerprint density at radius 2 is 0.817 bits per heavy atom. The van der Waals surface area contributed by atoms with E-state index < -0.39 is 45.5 Å². The van der Waals surface area contributed by atoms with Gasteiger partial charge in [0.2, 0.25) is 21.7 Å². The molecule has 0 aliphatic heterocycles. The smallest absolute Gasteiger partial charge is 0.338 e. The summed E-state index contributed by atoms with van der Waals surface area (Å²) < 4.78 is 11.7. The lowest BCUT2D eigenvalue weighted by atomic mass is 9.74. The lowest BCUT2D eigenvalue weighted by Crippen LogP contribution is -2.31. The lowest BCUT2D eigenvalue weighted by molar-refractivity contribution is -0.138. The molecular formula is C48H28N2O8S2. The van der Waals surface area contributed by atoms with Gasteiger partial charge in [-0.3, -0.25) is 19.2 Å². The molecule has 0 fully saturated rings. The van der Waals surface area contributed by atoms with Crippen LogP contribution in [0.5, 0.6) is 0 Å². The maximum Gasteiger partial charge on any atom is 0.338 e. The molecular weight excluding hydrogens is 797 g/mol. The van der Waals surface area contributed by atoms with Gasteiger partial charge in [-0.05, 0) is 23.3 Å². The molecule has 290 valence electrons. The van der Waals surface area contributed by atoms with Crippen molar-refractivity contribution >= 4 is 77.3 Å². The Bertz CT molecular complexity index is 3140. The lowest BCUT2D eigenvalue weighted by Gasteiger charge is -2.32. The Hall–Kier alpha value is -7.28. The molecule has 2 unspecified atom stereocenters. The van der Waals surface area contributed by atoms with Gasteiger partial charge in [0, 0.05) is 54.3 Å². The number of nitrogens with zero attached hydrogens (tertiary/aromatic N) is 2. The highest BCUT2D eigenvalue weighted by Crippen LogP contribution is 2.56. The van der Waals surface area contributed by atoms with E-state index >= 15 is 0 Å². The van der Waals surface area contributed by atoms with Crippen molar-refractivity contribution in [3.63, 3.8) is 0 Å². The average Bonchev–Trinajstić information content (AvgIpc) is 4.03. The van der Waals surface area contributed by atoms with Gasteiger partial charge in [0.15, 0.2) is 10.7 Å². The Kier molecular flexibility index (Phi) is 9.15. The molecule has 0 amide bonds. The minimum atomic E-state index is -0.605. The maximum atomic E-state index is 14.1. The SMILES string of the molecule is O=C(OCc1ccccc1)C1=CC2c3sc(N=c4c(=O)c5ccccc5c4=O)cc3C(C(=O)OCc3ccccc3)=CC2c2sc(N=c3c(=O)c4ccccc4c3=O)cc21. The van der Waals surface area contributed by atoms with Gasteiger partial charge >= 0.3 is 11.9 Å². The Balaban J connectivity index is 1.13. The summed E-state index contributed by atoms with van der Waals surface area (Å²) in [6.07, 6.45) is 3.59. The summed E-state index contributed by atoms with van der Waals surface area (Å²) in [6, 6.07) is 35.0. The molecule has 2 aliphatic carbocycles. The molecule has 8 aromatic rings. The summed E-state index contributed by atoms with van der Waals surface area (Å²) in [5.41, 5.74) is 1.09. The number of hydrogen-bond donors (Lipinski definition) is 0. The Labute approximate surface area is 347 Å². The molecule has 0 bridgehead atoms. The van der Waals surface area contributed by atoms with Crippen molar-refractivity contribution in [3.05, 3.63) is 217 Å². The van der Waals surface area contributed by atoms with Gasteiger partial charge in [-0.1, -0.05) is 121 Å². The van der Waals surface area contributed by atoms with Crippen LogP contribution < -0.4 is 32.4 Å². The van der Waals surface area contributed by atoms with Crippen LogP contribution in [0.2, 0.25) is 0 Å². The standard InChI is InChI=1S/C48H28N2O8S2/c51-41-27-15-7-8-16-28(27)42(52)39(41)49-37-21-33-35(47(55)57-23-25-11-3-1-4-12-25)19-31-32(45(33)59-37)20-36(48(56)58-24-26-13-5-2-6-14-26)34-22-38(60-46(31)34)50-40-43(53)29-17-9-10-18-30(29)44(40)54/h1-22,31-32H,23-24H2. The zero-order valence-electron chi connectivity index (χ0n) is 31.2. The molecule has 2 heterocycles. The molecule has 0 saturated carbocycles. The van der Waals surface area contributed by atoms with Crippen LogP contribution in [0, 0.1) is 0 Å². The number of fused-ring (bicyclic) bond motifs is 7. The summed E-state index contributed by atoms with van der Waals surface area (Å²) in [4.78, 5) is 92.2. The first-order chi connectivity index (χ1) is 29.2. The zero-order chi connectivity index (χ0) is 41.1. The molecule has 2 aromatic heterocycles. The molecule has 6 aromatic carbocycles. The quantitative estimate of drug-likeness (QED) is 0.150. The van der Waals surface area contributed by atoms with Crippen LogP contribution in [0.1, 0.15) is 43.8 Å². The molecule has 2 atom stereocenters. The van der Waals surface area contributed by atoms with Gasteiger partial charge in [0.1, 0.15) is 23.2 Å². The minimum absolute atomic E-state index is 0.00857. The molecule has 10 rings (SSSR count). The van der Waals surface area contributed by atoms with Crippen molar-refractivity contribution in [2.75, 3.05) is 0 Å². The second-order valence-corrected chi connectivity index (χ2v) is 16.5. The van der Waals surface area contributed by atoms with E-state index in [1.165, 1.54) is 22.7 Å². The van der Waals surface area contributed by atoms with Crippen LogP contribution in [0.15, 0.2) is 163 Å². The third kappa shape index (κ3) is 6.33. The molecule has 0 N–H and O–H groups in total. The number of allylic oxidation sites excluding steroid dienone is 2. The van der Waals surface area contributed by atoms with E-state index in [9.17, 15) is 28.8 Å². The second kappa shape index (κ2) is 14.8. The highest BCUT2D eigenvalue weighted by Gasteiger charge is 2.41. The number of carbonyl (C=O) groups is 2. The summed E-state index contributed by atoms with van der Waals surface area (Å²) in [7, 11) is 0. The van der Waals surface area contributed by atoms with Crippen molar-refractivity contribution < 1.29 is 19.1 Å². The van der Waals surface area contributed by atoms with Crippen molar-refractivity contribution in [1.82, 2.24) is 0 Å². The molecule has 0 spiro atoms. The number of thiophene rings is 2. The van der Waals surface area contributed by atoms with E-state index in [4.69, 9.17) is 9.47 Å². The van der Waals surface area contributed by atoms with Gasteiger partial charge in [-0.2, -0.15) is 0 Å². The van der Waals surface area contributed by atoms with E-state index in [0.29, 0.717) is 30.9 Å². The monoisotopic (exact) mass is 824 g/mol. The van der Waals surface area contributed by atoms with Crippen LogP contribution >= 0.6 is 22.7 Å². The van der Waals surface area contributed by atoms with Gasteiger partial charge < -0.3 is 9.47 Å². The van der Waals surface area contributed by atoms with E-state index in [2.05, 4.69) is 9.98 Å². The first kappa shape index (κ1) is 37.0. The van der Waals surface area contributed by atoms with Crippen molar-refractivity contribution in [1.29, 1.82) is 0 Å². The van der Waals surface area contributed by atoms with Gasteiger partial charge in [-0.15, -0.1) is 22.7 Å². The molecule has 2 aliphatic rings. The normalized spacial score (nSPS) is 15.4. The number of benzene rings is 4. The Morgan fingerprint density at radius 3 is 1.17 bits per heavy atom. The number of ether oxygens (including phenoxy) is 2. The third-order valence-corrected chi connectivity index (χ3v) is 13.0. The first-order valence-corrected chi connectivity index (χ1v) is 20.5. The van der Waals surface area contributed by atoms with Crippen molar-refractivity contribution in [2.45, 2.75) is 25.0 Å². The average molecular weight is 825 g/mol. The Morgan fingerprint density at radius 1 is 0.483 bits per heavy atom. The predicted molar refractivity (Wildman–Crippen MR) is 231 cm³/mol. The number of esters is 2. The van der Waals surface area contributed by atoms with Gasteiger partial charge in [-0.25, -0.2) is 19.6 Å². The fourth-order valence-electron chi connectivity index (χ4n) is 7.89. The van der Waals surface area contributed by atoms with Crippen LogP contribution in [-0.4, -0.2) is 11.9 Å². The highest BCUT2D eigenvalue weighted by atomic mass is 32.1. The zero-order valence-corrected chi connectivity index (χ0v) is 32.9. The summed E-state index contributed by atoms with van der Waals surface area (Å²) in [5, 5.41) is 1.27. The summed E-state index contributed by atoms with van der Waals surface area (Å²) in [5.74, 6) is -2.29. The van der Waals surface area contributed by atoms with E-state index in [0.717, 1.165) is 11.1 Å². The minimum Gasteiger partial charge on any atom is -0.457 e. The van der Waals surface area contributed by atoms with Gasteiger partial charge in [0.25, 0.3) is 0 Å².